The maximum absolute atomic E-state index is 13.2. The average molecular weight is 493 g/mol. The molecule has 3 aromatic carbocycles. The Kier molecular flexibility index (Phi) is 6.63. The summed E-state index contributed by atoms with van der Waals surface area (Å²) in [6.07, 6.45) is 3.21. The number of carbonyl (C=O) groups excluding carboxylic acids is 4. The second-order valence-electron chi connectivity index (χ2n) is 8.69. The zero-order chi connectivity index (χ0) is 25.8. The summed E-state index contributed by atoms with van der Waals surface area (Å²) in [6.45, 7) is 0.518. The lowest BCUT2D eigenvalue weighted by molar-refractivity contribution is -0.130. The van der Waals surface area contributed by atoms with Gasteiger partial charge in [0.05, 0.1) is 6.54 Å². The Bertz CT molecular complexity index is 1520. The van der Waals surface area contributed by atoms with E-state index in [9.17, 15) is 19.2 Å². The third-order valence-electron chi connectivity index (χ3n) is 6.14. The average Bonchev–Trinajstić information content (AvgIpc) is 3.26. The lowest BCUT2D eigenvalue weighted by Gasteiger charge is -2.26. The fourth-order valence-electron chi connectivity index (χ4n) is 4.29. The van der Waals surface area contributed by atoms with E-state index in [0.717, 1.165) is 26.9 Å². The predicted molar refractivity (Wildman–Crippen MR) is 139 cm³/mol. The Labute approximate surface area is 213 Å². The van der Waals surface area contributed by atoms with Crippen molar-refractivity contribution in [3.8, 4) is 0 Å². The van der Waals surface area contributed by atoms with Crippen molar-refractivity contribution in [2.24, 2.45) is 0 Å². The van der Waals surface area contributed by atoms with E-state index in [2.05, 4.69) is 10.6 Å². The number of barbiturate groups is 1. The topological polar surface area (TPSA) is 101 Å². The van der Waals surface area contributed by atoms with Gasteiger partial charge in [-0.2, -0.15) is 0 Å². The zero-order valence-electron chi connectivity index (χ0n) is 19.9. The molecule has 1 aromatic heterocycles. The molecular weight excluding hydrogens is 468 g/mol. The van der Waals surface area contributed by atoms with Crippen LogP contribution in [-0.4, -0.2) is 33.2 Å². The first-order chi connectivity index (χ1) is 18.0. The molecule has 2 N–H and O–H groups in total. The van der Waals surface area contributed by atoms with Gasteiger partial charge in [0.2, 0.25) is 5.91 Å². The lowest BCUT2D eigenvalue weighted by atomic mass is 10.1. The van der Waals surface area contributed by atoms with E-state index in [1.807, 2.05) is 72.8 Å². The molecule has 0 aliphatic carbocycles. The lowest BCUT2D eigenvalue weighted by Crippen LogP contribution is -2.53. The first-order valence-corrected chi connectivity index (χ1v) is 11.8. The van der Waals surface area contributed by atoms with E-state index >= 15 is 0 Å². The predicted octanol–water partition coefficient (Wildman–Crippen LogP) is 3.62. The molecule has 1 aliphatic rings. The van der Waals surface area contributed by atoms with Gasteiger partial charge in [0.15, 0.2) is 0 Å². The summed E-state index contributed by atoms with van der Waals surface area (Å²) in [5.74, 6) is -1.60. The second kappa shape index (κ2) is 10.3. The third-order valence-corrected chi connectivity index (χ3v) is 6.14. The molecule has 8 nitrogen and oxygen atoms in total. The summed E-state index contributed by atoms with van der Waals surface area (Å²) in [6, 6.07) is 25.4. The van der Waals surface area contributed by atoms with Gasteiger partial charge < -0.3 is 9.88 Å². The number of amides is 5. The third kappa shape index (κ3) is 5.18. The van der Waals surface area contributed by atoms with Crippen LogP contribution < -0.4 is 10.6 Å². The first kappa shape index (κ1) is 23.7. The van der Waals surface area contributed by atoms with E-state index in [-0.39, 0.29) is 24.6 Å². The van der Waals surface area contributed by atoms with Crippen LogP contribution in [0, 0.1) is 0 Å². The molecule has 0 bridgehead atoms. The molecular formula is C29H24N4O4. The van der Waals surface area contributed by atoms with Gasteiger partial charge in [0, 0.05) is 29.2 Å². The number of carbonyl (C=O) groups is 4. The molecule has 2 heterocycles. The summed E-state index contributed by atoms with van der Waals surface area (Å²) < 4.78 is 1.78. The monoisotopic (exact) mass is 492 g/mol. The molecule has 1 aliphatic heterocycles. The number of hydrogen-bond acceptors (Lipinski definition) is 4. The van der Waals surface area contributed by atoms with E-state index in [0.29, 0.717) is 12.1 Å². The molecule has 0 unspecified atom stereocenters. The normalized spacial score (nSPS) is 14.8. The largest absolute Gasteiger partial charge is 0.350 e. The van der Waals surface area contributed by atoms with Crippen molar-refractivity contribution in [3.05, 3.63) is 113 Å². The Hall–Kier alpha value is -4.98. The zero-order valence-corrected chi connectivity index (χ0v) is 19.9. The van der Waals surface area contributed by atoms with Crippen LogP contribution in [0.1, 0.15) is 16.7 Å². The molecule has 0 atom stereocenters. The molecule has 0 saturated carbocycles. The van der Waals surface area contributed by atoms with Gasteiger partial charge in [-0.05, 0) is 23.3 Å². The molecule has 5 amide bonds. The number of para-hydroxylation sites is 1. The number of rotatable bonds is 7. The highest BCUT2D eigenvalue weighted by Gasteiger charge is 2.35. The van der Waals surface area contributed by atoms with Crippen molar-refractivity contribution in [1.29, 1.82) is 0 Å². The van der Waals surface area contributed by atoms with E-state index in [1.54, 1.807) is 22.9 Å². The van der Waals surface area contributed by atoms with Crippen LogP contribution in [0.5, 0.6) is 0 Å². The second-order valence-corrected chi connectivity index (χ2v) is 8.69. The van der Waals surface area contributed by atoms with Gasteiger partial charge in [0.1, 0.15) is 12.1 Å². The van der Waals surface area contributed by atoms with Crippen LogP contribution >= 0.6 is 0 Å². The maximum Gasteiger partial charge on any atom is 0.331 e. The van der Waals surface area contributed by atoms with Crippen molar-refractivity contribution < 1.29 is 19.2 Å². The summed E-state index contributed by atoms with van der Waals surface area (Å²) in [4.78, 5) is 51.9. The van der Waals surface area contributed by atoms with Crippen LogP contribution in [-0.2, 0) is 34.0 Å². The minimum Gasteiger partial charge on any atom is -0.350 e. The number of hydrogen-bond donors (Lipinski definition) is 2. The number of nitrogens with zero attached hydrogens (tertiary/aromatic N) is 2. The van der Waals surface area contributed by atoms with Crippen molar-refractivity contribution in [1.82, 2.24) is 20.1 Å². The number of benzene rings is 3. The fourth-order valence-corrected chi connectivity index (χ4v) is 4.29. The highest BCUT2D eigenvalue weighted by Crippen LogP contribution is 2.25. The van der Waals surface area contributed by atoms with Gasteiger partial charge in [-0.25, -0.2) is 4.79 Å². The molecule has 37 heavy (non-hydrogen) atoms. The molecule has 8 heteroatoms. The Morgan fingerprint density at radius 1 is 0.838 bits per heavy atom. The molecule has 0 radical (unpaired) electrons. The van der Waals surface area contributed by atoms with Crippen molar-refractivity contribution >= 4 is 40.7 Å². The summed E-state index contributed by atoms with van der Waals surface area (Å²) in [5.41, 5.74) is 2.99. The van der Waals surface area contributed by atoms with Crippen LogP contribution in [0.3, 0.4) is 0 Å². The standard InChI is InChI=1S/C29H24N4O4/c34-26(30-16-20-9-3-1-4-10-20)19-32-18-22(23-13-7-8-14-25(23)32)15-24-27(35)31-29(37)33(28(24)36)17-21-11-5-2-6-12-21/h1-15,18H,16-17,19H2,(H,30,34)(H,31,35,37). The number of urea groups is 1. The van der Waals surface area contributed by atoms with Gasteiger partial charge in [-0.3, -0.25) is 24.6 Å². The number of nitrogens with one attached hydrogen (secondary N) is 2. The fraction of sp³-hybridized carbons (Fsp3) is 0.103. The molecule has 5 rings (SSSR count). The van der Waals surface area contributed by atoms with E-state index in [1.165, 1.54) is 6.08 Å². The van der Waals surface area contributed by atoms with Gasteiger partial charge in [-0.1, -0.05) is 78.9 Å². The molecule has 184 valence electrons. The number of fused-ring (bicyclic) bond motifs is 1. The van der Waals surface area contributed by atoms with Crippen LogP contribution in [0.2, 0.25) is 0 Å². The molecule has 0 spiro atoms. The molecule has 1 fully saturated rings. The quantitative estimate of drug-likeness (QED) is 0.304. The minimum absolute atomic E-state index is 0.0411. The summed E-state index contributed by atoms with van der Waals surface area (Å²) in [5, 5.41) is 5.95. The number of imide groups is 2. The number of aromatic nitrogens is 1. The van der Waals surface area contributed by atoms with Crippen LogP contribution in [0.4, 0.5) is 4.79 Å². The Morgan fingerprint density at radius 2 is 1.49 bits per heavy atom. The maximum atomic E-state index is 13.2. The molecule has 4 aromatic rings. The first-order valence-electron chi connectivity index (χ1n) is 11.8. The molecule has 1 saturated heterocycles. The van der Waals surface area contributed by atoms with Crippen molar-refractivity contribution in [2.45, 2.75) is 19.6 Å². The van der Waals surface area contributed by atoms with Crippen LogP contribution in [0.25, 0.3) is 17.0 Å². The highest BCUT2D eigenvalue weighted by atomic mass is 16.2. The smallest absolute Gasteiger partial charge is 0.331 e. The summed E-state index contributed by atoms with van der Waals surface area (Å²) in [7, 11) is 0. The van der Waals surface area contributed by atoms with Gasteiger partial charge in [0.25, 0.3) is 11.8 Å². The van der Waals surface area contributed by atoms with E-state index < -0.39 is 17.8 Å². The van der Waals surface area contributed by atoms with Crippen molar-refractivity contribution in [2.75, 3.05) is 0 Å². The Balaban J connectivity index is 1.41. The summed E-state index contributed by atoms with van der Waals surface area (Å²) >= 11 is 0. The van der Waals surface area contributed by atoms with Crippen LogP contribution in [0.15, 0.2) is 96.7 Å². The van der Waals surface area contributed by atoms with E-state index in [4.69, 9.17) is 0 Å². The highest BCUT2D eigenvalue weighted by molar-refractivity contribution is 6.31. The minimum atomic E-state index is -0.756. The SMILES string of the molecule is O=C(Cn1cc(C=C2C(=O)NC(=O)N(Cc3ccccc3)C2=O)c2ccccc21)NCc1ccccc1. The van der Waals surface area contributed by atoms with Crippen molar-refractivity contribution in [3.63, 3.8) is 0 Å². The Morgan fingerprint density at radius 3 is 2.22 bits per heavy atom. The van der Waals surface area contributed by atoms with Gasteiger partial charge >= 0.3 is 6.03 Å². The van der Waals surface area contributed by atoms with Gasteiger partial charge in [-0.15, -0.1) is 0 Å².